The van der Waals surface area contributed by atoms with Crippen molar-refractivity contribution in [3.8, 4) is 21.9 Å². The van der Waals surface area contributed by atoms with Crippen LogP contribution in [0.3, 0.4) is 0 Å². The number of ether oxygens (including phenoxy) is 2. The highest BCUT2D eigenvalue weighted by molar-refractivity contribution is 7.22. The van der Waals surface area contributed by atoms with Crippen molar-refractivity contribution in [2.45, 2.75) is 19.3 Å². The van der Waals surface area contributed by atoms with Crippen molar-refractivity contribution in [3.63, 3.8) is 0 Å². The predicted octanol–water partition coefficient (Wildman–Crippen LogP) is 5.57. The lowest BCUT2D eigenvalue weighted by Crippen LogP contribution is -2.22. The van der Waals surface area contributed by atoms with Crippen LogP contribution in [0.5, 0.6) is 11.5 Å². The first-order chi connectivity index (χ1) is 16.5. The van der Waals surface area contributed by atoms with E-state index in [1.807, 2.05) is 55.5 Å². The zero-order valence-corrected chi connectivity index (χ0v) is 19.5. The number of nitrogens with two attached hydrogens (primary N) is 1. The first kappa shape index (κ1) is 22.0. The van der Waals surface area contributed by atoms with Gasteiger partial charge in [-0.25, -0.2) is 0 Å². The first-order valence-electron chi connectivity index (χ1n) is 11.2. The molecule has 0 saturated heterocycles. The Morgan fingerprint density at radius 1 is 1.00 bits per heavy atom. The second-order valence-electron chi connectivity index (χ2n) is 8.13. The summed E-state index contributed by atoms with van der Waals surface area (Å²) >= 11 is 1.60. The molecule has 0 radical (unpaired) electrons. The molecule has 1 aromatic heterocycles. The molecular formula is C27H24N2O4S. The molecule has 0 spiro atoms. The molecule has 0 aliphatic carbocycles. The van der Waals surface area contributed by atoms with Gasteiger partial charge in [-0.2, -0.15) is 0 Å². The number of fused-ring (bicyclic) bond motifs is 2. The van der Waals surface area contributed by atoms with Crippen molar-refractivity contribution in [3.05, 3.63) is 77.9 Å². The number of benzene rings is 3. The van der Waals surface area contributed by atoms with Crippen LogP contribution in [0.1, 0.15) is 35.2 Å². The number of hydrogen-bond donors (Lipinski definition) is 2. The van der Waals surface area contributed by atoms with Crippen LogP contribution in [0.15, 0.2) is 66.7 Å². The fraction of sp³-hybridized carbons (Fsp3) is 0.185. The van der Waals surface area contributed by atoms with Gasteiger partial charge < -0.3 is 20.5 Å². The smallest absolute Gasteiger partial charge is 0.249 e. The van der Waals surface area contributed by atoms with Gasteiger partial charge in [0, 0.05) is 26.4 Å². The summed E-state index contributed by atoms with van der Waals surface area (Å²) < 4.78 is 12.4. The highest BCUT2D eigenvalue weighted by atomic mass is 32.1. The lowest BCUT2D eigenvalue weighted by atomic mass is 9.94. The number of carbonyl (C=O) groups is 2. The van der Waals surface area contributed by atoms with E-state index >= 15 is 0 Å². The third-order valence-electron chi connectivity index (χ3n) is 5.94. The molecule has 6 nitrogen and oxygen atoms in total. The van der Waals surface area contributed by atoms with Crippen LogP contribution >= 0.6 is 11.3 Å². The third kappa shape index (κ3) is 4.22. The highest BCUT2D eigenvalue weighted by Gasteiger charge is 2.23. The van der Waals surface area contributed by atoms with E-state index < -0.39 is 5.91 Å². The molecular weight excluding hydrogens is 448 g/mol. The van der Waals surface area contributed by atoms with Gasteiger partial charge in [-0.05, 0) is 53.8 Å². The van der Waals surface area contributed by atoms with Gasteiger partial charge in [-0.15, -0.1) is 11.3 Å². The van der Waals surface area contributed by atoms with Gasteiger partial charge in [0.1, 0.15) is 13.2 Å². The van der Waals surface area contributed by atoms with Gasteiger partial charge in [0.05, 0.1) is 5.92 Å². The number of anilines is 1. The van der Waals surface area contributed by atoms with Crippen LogP contribution in [0.4, 0.5) is 5.69 Å². The van der Waals surface area contributed by atoms with Crippen LogP contribution in [0, 0.1) is 0 Å². The molecule has 2 amide bonds. The lowest BCUT2D eigenvalue weighted by molar-refractivity contribution is -0.117. The SMILES string of the molecule is CCC(C(=O)Nc1ccc(-c2cc3ccccc3s2)c(C(N)=O)c1)c1ccc2c(c1)OCCO2. The third-order valence-corrected chi connectivity index (χ3v) is 7.09. The van der Waals surface area contributed by atoms with E-state index in [0.29, 0.717) is 42.4 Å². The summed E-state index contributed by atoms with van der Waals surface area (Å²) in [6.07, 6.45) is 0.605. The molecule has 4 aromatic rings. The second-order valence-corrected chi connectivity index (χ2v) is 9.21. The number of nitrogens with one attached hydrogen (secondary N) is 1. The molecule has 0 saturated carbocycles. The fourth-order valence-corrected chi connectivity index (χ4v) is 5.34. The van der Waals surface area contributed by atoms with Crippen molar-refractivity contribution < 1.29 is 19.1 Å². The Balaban J connectivity index is 1.41. The number of rotatable bonds is 6. The largest absolute Gasteiger partial charge is 0.486 e. The Morgan fingerprint density at radius 3 is 2.56 bits per heavy atom. The van der Waals surface area contributed by atoms with E-state index in [0.717, 1.165) is 26.1 Å². The standard InChI is InChI=1S/C27H24N2O4S/c1-2-19(16-7-10-22-23(13-16)33-12-11-32-22)27(31)29-18-8-9-20(21(15-18)26(28)30)25-14-17-5-3-4-6-24(17)34-25/h3-10,13-15,19H,2,11-12H2,1H3,(H2,28,30)(H,29,31). The average Bonchev–Trinajstić information content (AvgIpc) is 3.28. The van der Waals surface area contributed by atoms with Crippen LogP contribution in [0.2, 0.25) is 0 Å². The van der Waals surface area contributed by atoms with E-state index in [9.17, 15) is 9.59 Å². The van der Waals surface area contributed by atoms with Gasteiger partial charge in [-0.3, -0.25) is 9.59 Å². The number of hydrogen-bond acceptors (Lipinski definition) is 5. The molecule has 2 heterocycles. The van der Waals surface area contributed by atoms with Crippen LogP contribution in [-0.4, -0.2) is 25.0 Å². The molecule has 0 fully saturated rings. The van der Waals surface area contributed by atoms with Gasteiger partial charge in [0.25, 0.3) is 0 Å². The minimum atomic E-state index is -0.539. The highest BCUT2D eigenvalue weighted by Crippen LogP contribution is 2.37. The number of amides is 2. The van der Waals surface area contributed by atoms with E-state index in [1.54, 1.807) is 23.5 Å². The van der Waals surface area contributed by atoms with Gasteiger partial charge in [-0.1, -0.05) is 37.3 Å². The second kappa shape index (κ2) is 9.19. The normalized spacial score (nSPS) is 13.4. The minimum absolute atomic E-state index is 0.163. The number of primary amides is 1. The summed E-state index contributed by atoms with van der Waals surface area (Å²) in [6.45, 7) is 2.96. The first-order valence-corrected chi connectivity index (χ1v) is 12.0. The Hall–Kier alpha value is -3.84. The molecule has 7 heteroatoms. The average molecular weight is 473 g/mol. The van der Waals surface area contributed by atoms with E-state index in [4.69, 9.17) is 15.2 Å². The fourth-order valence-electron chi connectivity index (χ4n) is 4.23. The Labute approximate surface area is 201 Å². The van der Waals surface area contributed by atoms with Crippen LogP contribution < -0.4 is 20.5 Å². The molecule has 172 valence electrons. The molecule has 1 atom stereocenters. The van der Waals surface area contributed by atoms with Gasteiger partial charge >= 0.3 is 0 Å². The van der Waals surface area contributed by atoms with E-state index in [1.165, 1.54) is 0 Å². The maximum atomic E-state index is 13.2. The van der Waals surface area contributed by atoms with Crippen LogP contribution in [-0.2, 0) is 4.79 Å². The lowest BCUT2D eigenvalue weighted by Gasteiger charge is -2.21. The molecule has 1 unspecified atom stereocenters. The minimum Gasteiger partial charge on any atom is -0.486 e. The molecule has 34 heavy (non-hydrogen) atoms. The maximum absolute atomic E-state index is 13.2. The van der Waals surface area contributed by atoms with E-state index in [2.05, 4.69) is 11.4 Å². The Morgan fingerprint density at radius 2 is 1.79 bits per heavy atom. The van der Waals surface area contributed by atoms with Gasteiger partial charge in [0.2, 0.25) is 11.8 Å². The zero-order chi connectivity index (χ0) is 23.7. The van der Waals surface area contributed by atoms with Crippen LogP contribution in [0.25, 0.3) is 20.5 Å². The van der Waals surface area contributed by atoms with Crippen molar-refractivity contribution in [2.75, 3.05) is 18.5 Å². The van der Waals surface area contributed by atoms with Gasteiger partial charge in [0.15, 0.2) is 11.5 Å². The number of carbonyl (C=O) groups excluding carboxylic acids is 2. The summed E-state index contributed by atoms with van der Waals surface area (Å²) in [7, 11) is 0. The summed E-state index contributed by atoms with van der Waals surface area (Å²) in [5, 5.41) is 4.07. The molecule has 3 N–H and O–H groups in total. The summed E-state index contributed by atoms with van der Waals surface area (Å²) in [5.74, 6) is 0.258. The van der Waals surface area contributed by atoms with Crippen molar-refractivity contribution in [1.82, 2.24) is 0 Å². The molecule has 3 aromatic carbocycles. The quantitative estimate of drug-likeness (QED) is 0.384. The van der Waals surface area contributed by atoms with E-state index in [-0.39, 0.29) is 11.8 Å². The molecule has 0 bridgehead atoms. The monoisotopic (exact) mass is 472 g/mol. The zero-order valence-electron chi connectivity index (χ0n) is 18.7. The Kier molecular flexibility index (Phi) is 5.94. The summed E-state index contributed by atoms with van der Waals surface area (Å²) in [6, 6.07) is 21.0. The number of thiophene rings is 1. The summed E-state index contributed by atoms with van der Waals surface area (Å²) in [4.78, 5) is 26.4. The molecule has 1 aliphatic heterocycles. The molecule has 1 aliphatic rings. The Bertz CT molecular complexity index is 1360. The maximum Gasteiger partial charge on any atom is 0.249 e. The van der Waals surface area contributed by atoms with Crippen molar-refractivity contribution in [2.24, 2.45) is 5.73 Å². The van der Waals surface area contributed by atoms with Crippen molar-refractivity contribution in [1.29, 1.82) is 0 Å². The topological polar surface area (TPSA) is 90.7 Å². The predicted molar refractivity (Wildman–Crippen MR) is 135 cm³/mol. The molecule has 5 rings (SSSR count). The summed E-state index contributed by atoms with van der Waals surface area (Å²) in [5.41, 5.74) is 8.22. The van der Waals surface area contributed by atoms with Crippen molar-refractivity contribution >= 4 is 38.9 Å².